The number of nitrogens with one attached hydrogen (secondary N) is 1. The molecule has 0 heterocycles. The molecule has 1 rings (SSSR count). The molecule has 0 spiro atoms. The van der Waals surface area contributed by atoms with Crippen molar-refractivity contribution in [3.05, 3.63) is 0 Å². The number of hydrogen-bond donors (Lipinski definition) is 1. The van der Waals surface area contributed by atoms with Crippen LogP contribution in [0.15, 0.2) is 0 Å². The van der Waals surface area contributed by atoms with Crippen molar-refractivity contribution in [3.8, 4) is 6.07 Å². The maximum atomic E-state index is 11.2. The Morgan fingerprint density at radius 2 is 2.29 bits per heavy atom. The predicted molar refractivity (Wildman–Crippen MR) is 51.0 cm³/mol. The second-order valence-electron chi connectivity index (χ2n) is 3.40. The quantitative estimate of drug-likeness (QED) is 0.720. The van der Waals surface area contributed by atoms with Gasteiger partial charge in [-0.1, -0.05) is 0 Å². The van der Waals surface area contributed by atoms with E-state index in [4.69, 9.17) is 10.00 Å². The van der Waals surface area contributed by atoms with Gasteiger partial charge in [0, 0.05) is 13.2 Å². The van der Waals surface area contributed by atoms with E-state index in [1.807, 2.05) is 0 Å². The summed E-state index contributed by atoms with van der Waals surface area (Å²) in [4.78, 5) is 0. The van der Waals surface area contributed by atoms with E-state index in [9.17, 15) is 8.42 Å². The summed E-state index contributed by atoms with van der Waals surface area (Å²) in [7, 11) is -1.79. The highest BCUT2D eigenvalue weighted by Crippen LogP contribution is 2.21. The van der Waals surface area contributed by atoms with Crippen LogP contribution in [0.3, 0.4) is 0 Å². The van der Waals surface area contributed by atoms with E-state index in [1.165, 1.54) is 0 Å². The van der Waals surface area contributed by atoms with Crippen molar-refractivity contribution in [2.45, 2.75) is 31.4 Å². The van der Waals surface area contributed by atoms with Gasteiger partial charge in [0.2, 0.25) is 10.0 Å². The summed E-state index contributed by atoms with van der Waals surface area (Å²) in [6.07, 6.45) is 2.49. The standard InChI is InChI=1S/C8H14N2O3S/c1-13-8-3-2-7(6-8)10-14(11,12)5-4-9/h7-8,10H,2-3,5-6H2,1H3. The molecular weight excluding hydrogens is 204 g/mol. The minimum atomic E-state index is -3.41. The Bertz CT molecular complexity index is 320. The number of rotatable bonds is 4. The Balaban J connectivity index is 2.44. The highest BCUT2D eigenvalue weighted by Gasteiger charge is 2.27. The molecule has 1 N–H and O–H groups in total. The third kappa shape index (κ3) is 3.25. The maximum absolute atomic E-state index is 11.2. The Morgan fingerprint density at radius 3 is 2.79 bits per heavy atom. The van der Waals surface area contributed by atoms with Crippen molar-refractivity contribution in [1.82, 2.24) is 4.72 Å². The summed E-state index contributed by atoms with van der Waals surface area (Å²) in [6.45, 7) is 0. The number of sulfonamides is 1. The second-order valence-corrected chi connectivity index (χ2v) is 5.16. The Labute approximate surface area is 84.1 Å². The van der Waals surface area contributed by atoms with Crippen molar-refractivity contribution >= 4 is 10.0 Å². The average Bonchev–Trinajstić information content (AvgIpc) is 2.51. The summed E-state index contributed by atoms with van der Waals surface area (Å²) in [6, 6.07) is 1.55. The first-order valence-electron chi connectivity index (χ1n) is 4.47. The van der Waals surface area contributed by atoms with Crippen LogP contribution >= 0.6 is 0 Å². The predicted octanol–water partition coefficient (Wildman–Crippen LogP) is -0.00312. The van der Waals surface area contributed by atoms with E-state index >= 15 is 0 Å². The zero-order chi connectivity index (χ0) is 10.6. The van der Waals surface area contributed by atoms with Crippen LogP contribution in [0, 0.1) is 11.3 Å². The van der Waals surface area contributed by atoms with Crippen LogP contribution in [0.5, 0.6) is 0 Å². The molecule has 0 saturated heterocycles. The molecule has 0 aromatic rings. The van der Waals surface area contributed by atoms with Gasteiger partial charge in [-0.05, 0) is 19.3 Å². The molecule has 0 radical (unpaired) electrons. The maximum Gasteiger partial charge on any atom is 0.225 e. The van der Waals surface area contributed by atoms with Gasteiger partial charge in [-0.2, -0.15) is 5.26 Å². The third-order valence-corrected chi connectivity index (χ3v) is 3.52. The Morgan fingerprint density at radius 1 is 1.57 bits per heavy atom. The molecule has 0 bridgehead atoms. The van der Waals surface area contributed by atoms with Gasteiger partial charge in [0.05, 0.1) is 12.2 Å². The summed E-state index contributed by atoms with van der Waals surface area (Å²) in [5, 5.41) is 8.28. The number of hydrogen-bond acceptors (Lipinski definition) is 4. The smallest absolute Gasteiger partial charge is 0.225 e. The number of nitriles is 1. The lowest BCUT2D eigenvalue weighted by molar-refractivity contribution is 0.107. The summed E-state index contributed by atoms with van der Waals surface area (Å²) >= 11 is 0. The average molecular weight is 218 g/mol. The van der Waals surface area contributed by atoms with Gasteiger partial charge < -0.3 is 4.74 Å². The van der Waals surface area contributed by atoms with Gasteiger partial charge in [-0.15, -0.1) is 0 Å². The van der Waals surface area contributed by atoms with Gasteiger partial charge in [0.15, 0.2) is 5.75 Å². The molecule has 2 unspecified atom stereocenters. The zero-order valence-corrected chi connectivity index (χ0v) is 8.88. The highest BCUT2D eigenvalue weighted by molar-refractivity contribution is 7.89. The van der Waals surface area contributed by atoms with Crippen molar-refractivity contribution in [2.24, 2.45) is 0 Å². The van der Waals surface area contributed by atoms with Crippen LogP contribution in [0.4, 0.5) is 0 Å². The van der Waals surface area contributed by atoms with Crippen LogP contribution in [0.25, 0.3) is 0 Å². The van der Waals surface area contributed by atoms with Crippen LogP contribution in [0.2, 0.25) is 0 Å². The first-order valence-corrected chi connectivity index (χ1v) is 6.12. The van der Waals surface area contributed by atoms with Crippen LogP contribution < -0.4 is 4.72 Å². The van der Waals surface area contributed by atoms with Gasteiger partial charge in [0.1, 0.15) is 0 Å². The monoisotopic (exact) mass is 218 g/mol. The topological polar surface area (TPSA) is 79.2 Å². The largest absolute Gasteiger partial charge is 0.381 e. The molecular formula is C8H14N2O3S. The zero-order valence-electron chi connectivity index (χ0n) is 8.06. The number of nitrogens with zero attached hydrogens (tertiary/aromatic N) is 1. The molecule has 6 heteroatoms. The van der Waals surface area contributed by atoms with Crippen LogP contribution in [-0.2, 0) is 14.8 Å². The van der Waals surface area contributed by atoms with Gasteiger partial charge in [0.25, 0.3) is 0 Å². The minimum absolute atomic E-state index is 0.0710. The molecule has 5 nitrogen and oxygen atoms in total. The van der Waals surface area contributed by atoms with Crippen molar-refractivity contribution in [2.75, 3.05) is 12.9 Å². The van der Waals surface area contributed by atoms with Crippen molar-refractivity contribution < 1.29 is 13.2 Å². The molecule has 0 aromatic heterocycles. The van der Waals surface area contributed by atoms with Crippen molar-refractivity contribution in [1.29, 1.82) is 5.26 Å². The van der Waals surface area contributed by atoms with Crippen LogP contribution in [0.1, 0.15) is 19.3 Å². The number of ether oxygens (including phenoxy) is 1. The van der Waals surface area contributed by atoms with E-state index in [0.29, 0.717) is 6.42 Å². The van der Waals surface area contributed by atoms with Gasteiger partial charge >= 0.3 is 0 Å². The molecule has 1 aliphatic carbocycles. The summed E-state index contributed by atoms with van der Waals surface area (Å²) < 4.78 is 30.0. The molecule has 14 heavy (non-hydrogen) atoms. The molecule has 1 aliphatic rings. The fraction of sp³-hybridized carbons (Fsp3) is 0.875. The van der Waals surface area contributed by atoms with E-state index in [-0.39, 0.29) is 12.1 Å². The van der Waals surface area contributed by atoms with E-state index in [2.05, 4.69) is 4.72 Å². The normalized spacial score (nSPS) is 27.4. The third-order valence-electron chi connectivity index (χ3n) is 2.32. The fourth-order valence-electron chi connectivity index (χ4n) is 1.64. The van der Waals surface area contributed by atoms with Crippen molar-refractivity contribution in [3.63, 3.8) is 0 Å². The van der Waals surface area contributed by atoms with E-state index < -0.39 is 15.8 Å². The second kappa shape index (κ2) is 4.73. The van der Waals surface area contributed by atoms with Gasteiger partial charge in [-0.25, -0.2) is 13.1 Å². The van der Waals surface area contributed by atoms with Crippen LogP contribution in [-0.4, -0.2) is 33.4 Å². The molecule has 80 valence electrons. The van der Waals surface area contributed by atoms with E-state index in [0.717, 1.165) is 12.8 Å². The minimum Gasteiger partial charge on any atom is -0.381 e. The fourth-order valence-corrected chi connectivity index (χ4v) is 2.62. The summed E-state index contributed by atoms with van der Waals surface area (Å²) in [5.41, 5.74) is 0. The summed E-state index contributed by atoms with van der Waals surface area (Å²) in [5.74, 6) is -0.471. The molecule has 1 fully saturated rings. The number of methoxy groups -OCH3 is 1. The Kier molecular flexibility index (Phi) is 3.86. The lowest BCUT2D eigenvalue weighted by atomic mass is 10.3. The molecule has 0 amide bonds. The Hall–Kier alpha value is -0.640. The lowest BCUT2D eigenvalue weighted by Crippen LogP contribution is -2.34. The highest BCUT2D eigenvalue weighted by atomic mass is 32.2. The first kappa shape index (κ1) is 11.4. The first-order chi connectivity index (χ1) is 6.57. The molecule has 1 saturated carbocycles. The lowest BCUT2D eigenvalue weighted by Gasteiger charge is -2.11. The molecule has 0 aliphatic heterocycles. The SMILES string of the molecule is COC1CCC(NS(=O)(=O)CC#N)C1. The molecule has 0 aromatic carbocycles. The molecule has 2 atom stereocenters. The van der Waals surface area contributed by atoms with E-state index in [1.54, 1.807) is 13.2 Å². The van der Waals surface area contributed by atoms with Gasteiger partial charge in [-0.3, -0.25) is 0 Å².